The van der Waals surface area contributed by atoms with Gasteiger partial charge in [-0.1, -0.05) is 30.2 Å². The normalized spacial score (nSPS) is 16.3. The summed E-state index contributed by atoms with van der Waals surface area (Å²) in [5.41, 5.74) is 3.06. The molecule has 0 saturated heterocycles. The number of hydrogen-bond acceptors (Lipinski definition) is 6. The Bertz CT molecular complexity index is 1180. The average Bonchev–Trinajstić information content (AvgIpc) is 2.71. The van der Waals surface area contributed by atoms with Crippen molar-refractivity contribution >= 4 is 25.7 Å². The first-order chi connectivity index (χ1) is 14.6. The second-order valence-corrected chi connectivity index (χ2v) is 11.2. The number of hydrogen-bond donors (Lipinski definition) is 0. The van der Waals surface area contributed by atoms with Crippen molar-refractivity contribution in [2.45, 2.75) is 19.3 Å². The molecule has 9 heteroatoms. The predicted octanol–water partition coefficient (Wildman–Crippen LogP) is 2.58. The van der Waals surface area contributed by atoms with Crippen molar-refractivity contribution in [3.63, 3.8) is 0 Å². The van der Waals surface area contributed by atoms with Crippen molar-refractivity contribution < 1.29 is 16.8 Å². The van der Waals surface area contributed by atoms with E-state index in [0.29, 0.717) is 15.8 Å². The Hall–Kier alpha value is -2.83. The van der Waals surface area contributed by atoms with Gasteiger partial charge in [0.15, 0.2) is 0 Å². The largest absolute Gasteiger partial charge is 0.373 e. The molecule has 1 aliphatic carbocycles. The van der Waals surface area contributed by atoms with Crippen molar-refractivity contribution in [2.24, 2.45) is 0 Å². The summed E-state index contributed by atoms with van der Waals surface area (Å²) < 4.78 is 47.6. The van der Waals surface area contributed by atoms with Gasteiger partial charge in [0.1, 0.15) is 5.69 Å². The van der Waals surface area contributed by atoms with Gasteiger partial charge in [-0.15, -0.1) is 0 Å². The second kappa shape index (κ2) is 9.54. The van der Waals surface area contributed by atoms with Crippen LogP contribution in [0.2, 0.25) is 0 Å². The van der Waals surface area contributed by atoms with Crippen molar-refractivity contribution in [3.8, 4) is 11.8 Å². The lowest BCUT2D eigenvalue weighted by molar-refractivity contribution is 0.420. The van der Waals surface area contributed by atoms with Crippen LogP contribution in [-0.2, 0) is 20.0 Å². The molecule has 0 N–H and O–H groups in total. The van der Waals surface area contributed by atoms with Gasteiger partial charge in [-0.2, -0.15) is 3.71 Å². The van der Waals surface area contributed by atoms with Crippen LogP contribution in [0.3, 0.4) is 0 Å². The molecular weight excluding hydrogens is 434 g/mol. The summed E-state index contributed by atoms with van der Waals surface area (Å²) in [6, 6.07) is 2.89. The van der Waals surface area contributed by atoms with Gasteiger partial charge in [0.2, 0.25) is 20.0 Å². The van der Waals surface area contributed by atoms with Crippen LogP contribution in [0.4, 0.5) is 5.69 Å². The van der Waals surface area contributed by atoms with E-state index < -0.39 is 20.0 Å². The molecule has 2 heterocycles. The molecule has 0 fully saturated rings. The van der Waals surface area contributed by atoms with Gasteiger partial charge >= 0.3 is 0 Å². The monoisotopic (exact) mass is 459 g/mol. The SMILES string of the molecule is CS(=O)(=O)N(c1ccc(C#CCCN2C=CC(C3=CCC=CC3)=CC2)nc1)S(C)(=O)=O. The fourth-order valence-electron chi connectivity index (χ4n) is 3.32. The number of pyridine rings is 1. The number of sulfonamides is 2. The first-order valence-corrected chi connectivity index (χ1v) is 13.5. The standard InChI is InChI=1S/C22H25N3O4S2/c1-30(26,27)25(31(2,28)29)22-12-11-21(23-18-22)10-6-7-15-24-16-13-20(14-17-24)19-8-4-3-5-9-19/h3-4,9,11-14,16,18H,5,7-8,15,17H2,1-2H3. The summed E-state index contributed by atoms with van der Waals surface area (Å²) in [4.78, 5) is 6.26. The molecular formula is C22H25N3O4S2. The third-order valence-corrected chi connectivity index (χ3v) is 7.94. The lowest BCUT2D eigenvalue weighted by atomic mass is 9.96. The number of anilines is 1. The molecule has 3 rings (SSSR count). The highest BCUT2D eigenvalue weighted by atomic mass is 32.3. The highest BCUT2D eigenvalue weighted by molar-refractivity contribution is 8.09. The van der Waals surface area contributed by atoms with E-state index in [4.69, 9.17) is 0 Å². The maximum atomic E-state index is 11.8. The molecule has 2 aliphatic rings. The third kappa shape index (κ3) is 6.32. The minimum absolute atomic E-state index is 0.0415. The van der Waals surface area contributed by atoms with Crippen LogP contribution in [0.25, 0.3) is 0 Å². The van der Waals surface area contributed by atoms with E-state index in [1.807, 2.05) is 0 Å². The van der Waals surface area contributed by atoms with Gasteiger partial charge in [-0.3, -0.25) is 0 Å². The van der Waals surface area contributed by atoms with E-state index in [2.05, 4.69) is 58.3 Å². The topological polar surface area (TPSA) is 87.7 Å². The Balaban J connectivity index is 1.55. The Morgan fingerprint density at radius 3 is 2.42 bits per heavy atom. The van der Waals surface area contributed by atoms with Crippen molar-refractivity contribution in [2.75, 3.05) is 29.3 Å². The van der Waals surface area contributed by atoms with Gasteiger partial charge in [-0.25, -0.2) is 21.8 Å². The van der Waals surface area contributed by atoms with Gasteiger partial charge < -0.3 is 4.90 Å². The summed E-state index contributed by atoms with van der Waals surface area (Å²) in [5.74, 6) is 5.98. The lowest BCUT2D eigenvalue weighted by Crippen LogP contribution is -2.35. The summed E-state index contributed by atoms with van der Waals surface area (Å²) in [6.45, 7) is 1.62. The zero-order valence-electron chi connectivity index (χ0n) is 17.5. The smallest absolute Gasteiger partial charge is 0.245 e. The first kappa shape index (κ1) is 22.8. The summed E-state index contributed by atoms with van der Waals surface area (Å²) in [7, 11) is -7.97. The molecule has 31 heavy (non-hydrogen) atoms. The van der Waals surface area contributed by atoms with Crippen molar-refractivity contribution in [1.29, 1.82) is 0 Å². The van der Waals surface area contributed by atoms with Crippen LogP contribution in [0, 0.1) is 11.8 Å². The summed E-state index contributed by atoms with van der Waals surface area (Å²) in [5, 5.41) is 0. The fraction of sp³-hybridized carbons (Fsp3) is 0.318. The highest BCUT2D eigenvalue weighted by Crippen LogP contribution is 2.23. The van der Waals surface area contributed by atoms with E-state index in [0.717, 1.165) is 38.4 Å². The molecule has 1 aliphatic heterocycles. The summed E-state index contributed by atoms with van der Waals surface area (Å²) in [6.07, 6.45) is 18.6. The molecule has 1 aromatic rings. The van der Waals surface area contributed by atoms with Gasteiger partial charge in [0.25, 0.3) is 0 Å². The van der Waals surface area contributed by atoms with Crippen LogP contribution in [-0.4, -0.2) is 52.3 Å². The highest BCUT2D eigenvalue weighted by Gasteiger charge is 2.27. The van der Waals surface area contributed by atoms with Crippen molar-refractivity contribution in [3.05, 3.63) is 71.7 Å². The predicted molar refractivity (Wildman–Crippen MR) is 123 cm³/mol. The molecule has 0 bridgehead atoms. The Morgan fingerprint density at radius 1 is 1.10 bits per heavy atom. The van der Waals surface area contributed by atoms with Crippen LogP contribution in [0.1, 0.15) is 25.0 Å². The van der Waals surface area contributed by atoms with Crippen LogP contribution < -0.4 is 3.71 Å². The Morgan fingerprint density at radius 2 is 1.87 bits per heavy atom. The molecule has 0 radical (unpaired) electrons. The quantitative estimate of drug-likeness (QED) is 0.480. The molecule has 164 valence electrons. The molecule has 0 aromatic carbocycles. The number of aromatic nitrogens is 1. The van der Waals surface area contributed by atoms with E-state index in [1.54, 1.807) is 0 Å². The molecule has 0 amide bonds. The van der Waals surface area contributed by atoms with Gasteiger partial charge in [0, 0.05) is 19.5 Å². The molecule has 7 nitrogen and oxygen atoms in total. The maximum Gasteiger partial charge on any atom is 0.245 e. The molecule has 0 atom stereocenters. The average molecular weight is 460 g/mol. The lowest BCUT2D eigenvalue weighted by Gasteiger charge is -2.23. The van der Waals surface area contributed by atoms with E-state index >= 15 is 0 Å². The minimum atomic E-state index is -3.99. The third-order valence-electron chi connectivity index (χ3n) is 4.69. The number of nitrogens with zero attached hydrogens (tertiary/aromatic N) is 3. The fourth-order valence-corrected chi connectivity index (χ4v) is 6.27. The number of rotatable bonds is 6. The molecule has 0 spiro atoms. The Kier molecular flexibility index (Phi) is 7.03. The number of allylic oxidation sites excluding steroid dienone is 6. The van der Waals surface area contributed by atoms with E-state index in [-0.39, 0.29) is 5.69 Å². The zero-order valence-corrected chi connectivity index (χ0v) is 19.2. The zero-order chi connectivity index (χ0) is 22.5. The van der Waals surface area contributed by atoms with Gasteiger partial charge in [0.05, 0.1) is 24.4 Å². The van der Waals surface area contributed by atoms with Crippen molar-refractivity contribution in [1.82, 2.24) is 9.88 Å². The second-order valence-electron chi connectivity index (χ2n) is 7.29. The Labute approximate surface area is 184 Å². The van der Waals surface area contributed by atoms with Gasteiger partial charge in [-0.05, 0) is 54.3 Å². The maximum absolute atomic E-state index is 11.8. The van der Waals surface area contributed by atoms with E-state index in [9.17, 15) is 16.8 Å². The molecule has 1 aromatic heterocycles. The first-order valence-electron chi connectivity index (χ1n) is 9.77. The molecule has 0 saturated carbocycles. The van der Waals surface area contributed by atoms with E-state index in [1.165, 1.54) is 29.5 Å². The van der Waals surface area contributed by atoms with Crippen LogP contribution in [0.15, 0.2) is 66.1 Å². The summed E-state index contributed by atoms with van der Waals surface area (Å²) >= 11 is 0. The minimum Gasteiger partial charge on any atom is -0.373 e. The van der Waals surface area contributed by atoms with Crippen LogP contribution in [0.5, 0.6) is 0 Å². The van der Waals surface area contributed by atoms with Crippen LogP contribution >= 0.6 is 0 Å². The molecule has 0 unspecified atom stereocenters.